The van der Waals surface area contributed by atoms with Crippen LogP contribution in [0.1, 0.15) is 18.1 Å². The summed E-state index contributed by atoms with van der Waals surface area (Å²) in [4.78, 5) is 15.7. The molecule has 0 aliphatic rings. The highest BCUT2D eigenvalue weighted by molar-refractivity contribution is 5.87. The zero-order valence-electron chi connectivity index (χ0n) is 17.3. The number of fused-ring (bicyclic) bond motifs is 1. The molecule has 0 aliphatic carbocycles. The summed E-state index contributed by atoms with van der Waals surface area (Å²) in [5, 5.41) is 10.1. The molecule has 0 amide bonds. The molecule has 0 aliphatic heterocycles. The SMILES string of the molecule is CCOC(Cc1ccc(OCc2cnc3ccc(OC)cc3c2OC)cc1)C(=O)O. The molecule has 7 heteroatoms. The number of carboxylic acids is 1. The fraction of sp³-hybridized carbons (Fsp3) is 0.304. The second-order valence-electron chi connectivity index (χ2n) is 6.62. The predicted molar refractivity (Wildman–Crippen MR) is 112 cm³/mol. The maximum atomic E-state index is 11.2. The summed E-state index contributed by atoms with van der Waals surface area (Å²) in [5.41, 5.74) is 2.48. The van der Waals surface area contributed by atoms with E-state index in [9.17, 15) is 9.90 Å². The lowest BCUT2D eigenvalue weighted by Crippen LogP contribution is -2.26. The van der Waals surface area contributed by atoms with Crippen LogP contribution in [0.4, 0.5) is 0 Å². The molecule has 2 aromatic carbocycles. The zero-order valence-corrected chi connectivity index (χ0v) is 17.3. The number of hydrogen-bond donors (Lipinski definition) is 1. The summed E-state index contributed by atoms with van der Waals surface area (Å²) in [6, 6.07) is 12.9. The Bertz CT molecular complexity index is 1000. The van der Waals surface area contributed by atoms with Crippen molar-refractivity contribution in [2.24, 2.45) is 0 Å². The van der Waals surface area contributed by atoms with Crippen molar-refractivity contribution in [2.45, 2.75) is 26.1 Å². The van der Waals surface area contributed by atoms with Gasteiger partial charge in [-0.25, -0.2) is 4.79 Å². The molecule has 1 aromatic heterocycles. The van der Waals surface area contributed by atoms with Gasteiger partial charge in [0.15, 0.2) is 6.10 Å². The topological polar surface area (TPSA) is 87.1 Å². The Labute approximate surface area is 175 Å². The van der Waals surface area contributed by atoms with Crippen molar-refractivity contribution in [1.29, 1.82) is 0 Å². The average molecular weight is 411 g/mol. The van der Waals surface area contributed by atoms with Crippen LogP contribution in [0.2, 0.25) is 0 Å². The van der Waals surface area contributed by atoms with Crippen molar-refractivity contribution in [3.63, 3.8) is 0 Å². The van der Waals surface area contributed by atoms with Gasteiger partial charge in [0.1, 0.15) is 23.9 Å². The van der Waals surface area contributed by atoms with Gasteiger partial charge in [0.25, 0.3) is 0 Å². The van der Waals surface area contributed by atoms with Crippen LogP contribution in [-0.2, 0) is 22.6 Å². The minimum atomic E-state index is -0.968. The summed E-state index contributed by atoms with van der Waals surface area (Å²) in [5.74, 6) is 1.11. The summed E-state index contributed by atoms with van der Waals surface area (Å²) in [6.07, 6.45) is 1.18. The van der Waals surface area contributed by atoms with Crippen molar-refractivity contribution in [2.75, 3.05) is 20.8 Å². The van der Waals surface area contributed by atoms with E-state index < -0.39 is 12.1 Å². The van der Waals surface area contributed by atoms with Gasteiger partial charge in [0, 0.05) is 24.6 Å². The van der Waals surface area contributed by atoms with Gasteiger partial charge in [-0.2, -0.15) is 0 Å². The number of carbonyl (C=O) groups is 1. The van der Waals surface area contributed by atoms with Crippen molar-refractivity contribution < 1.29 is 28.8 Å². The van der Waals surface area contributed by atoms with E-state index in [1.807, 2.05) is 42.5 Å². The van der Waals surface area contributed by atoms with Crippen molar-refractivity contribution in [3.05, 3.63) is 59.8 Å². The van der Waals surface area contributed by atoms with E-state index in [4.69, 9.17) is 18.9 Å². The smallest absolute Gasteiger partial charge is 0.333 e. The number of ether oxygens (including phenoxy) is 4. The molecule has 0 radical (unpaired) electrons. The molecule has 7 nitrogen and oxygen atoms in total. The molecule has 0 saturated carbocycles. The third-order valence-electron chi connectivity index (χ3n) is 4.69. The maximum Gasteiger partial charge on any atom is 0.333 e. The highest BCUT2D eigenvalue weighted by Gasteiger charge is 2.18. The van der Waals surface area contributed by atoms with Crippen LogP contribution < -0.4 is 14.2 Å². The molecule has 158 valence electrons. The van der Waals surface area contributed by atoms with Crippen LogP contribution in [0.15, 0.2) is 48.7 Å². The third-order valence-corrected chi connectivity index (χ3v) is 4.69. The number of nitrogens with zero attached hydrogens (tertiary/aromatic N) is 1. The first-order chi connectivity index (χ1) is 14.5. The van der Waals surface area contributed by atoms with Gasteiger partial charge >= 0.3 is 5.97 Å². The van der Waals surface area contributed by atoms with Crippen molar-refractivity contribution in [3.8, 4) is 17.2 Å². The van der Waals surface area contributed by atoms with E-state index in [1.165, 1.54) is 0 Å². The van der Waals surface area contributed by atoms with Crippen LogP contribution in [0.3, 0.4) is 0 Å². The lowest BCUT2D eigenvalue weighted by atomic mass is 10.1. The van der Waals surface area contributed by atoms with Crippen molar-refractivity contribution >= 4 is 16.9 Å². The van der Waals surface area contributed by atoms with Gasteiger partial charge in [-0.3, -0.25) is 4.98 Å². The Morgan fingerprint density at radius 2 is 1.80 bits per heavy atom. The molecule has 1 unspecified atom stereocenters. The highest BCUT2D eigenvalue weighted by atomic mass is 16.5. The molecule has 0 bridgehead atoms. The molecule has 1 atom stereocenters. The van der Waals surface area contributed by atoms with Gasteiger partial charge in [-0.1, -0.05) is 12.1 Å². The Morgan fingerprint density at radius 3 is 2.43 bits per heavy atom. The van der Waals surface area contributed by atoms with Crippen LogP contribution in [0, 0.1) is 0 Å². The molecular formula is C23H25NO6. The molecule has 30 heavy (non-hydrogen) atoms. The first-order valence-electron chi connectivity index (χ1n) is 9.61. The number of pyridine rings is 1. The van der Waals surface area contributed by atoms with E-state index in [1.54, 1.807) is 27.3 Å². The molecule has 0 spiro atoms. The summed E-state index contributed by atoms with van der Waals surface area (Å²) in [6.45, 7) is 2.41. The molecule has 3 rings (SSSR count). The summed E-state index contributed by atoms with van der Waals surface area (Å²) >= 11 is 0. The van der Waals surface area contributed by atoms with Crippen molar-refractivity contribution in [1.82, 2.24) is 4.98 Å². The lowest BCUT2D eigenvalue weighted by Gasteiger charge is -2.14. The quantitative estimate of drug-likeness (QED) is 0.542. The molecule has 1 heterocycles. The first kappa shape index (κ1) is 21.4. The minimum absolute atomic E-state index is 0.277. The number of hydrogen-bond acceptors (Lipinski definition) is 6. The van der Waals surface area contributed by atoms with Crippen LogP contribution >= 0.6 is 0 Å². The number of benzene rings is 2. The normalized spacial score (nSPS) is 11.8. The van der Waals surface area contributed by atoms with Gasteiger partial charge in [-0.15, -0.1) is 0 Å². The highest BCUT2D eigenvalue weighted by Crippen LogP contribution is 2.31. The number of carboxylic acid groups (broad SMARTS) is 1. The van der Waals surface area contributed by atoms with E-state index in [-0.39, 0.29) is 6.61 Å². The van der Waals surface area contributed by atoms with E-state index >= 15 is 0 Å². The number of aliphatic carboxylic acids is 1. The second-order valence-corrected chi connectivity index (χ2v) is 6.62. The zero-order chi connectivity index (χ0) is 21.5. The fourth-order valence-corrected chi connectivity index (χ4v) is 3.18. The average Bonchev–Trinajstić information content (AvgIpc) is 2.77. The summed E-state index contributed by atoms with van der Waals surface area (Å²) < 4.78 is 22.1. The van der Waals surface area contributed by atoms with Gasteiger partial charge in [-0.05, 0) is 42.8 Å². The van der Waals surface area contributed by atoms with E-state index in [0.29, 0.717) is 24.5 Å². The lowest BCUT2D eigenvalue weighted by molar-refractivity contribution is -0.149. The Kier molecular flexibility index (Phi) is 7.08. The first-order valence-corrected chi connectivity index (χ1v) is 9.61. The van der Waals surface area contributed by atoms with Gasteiger partial charge in [0.05, 0.1) is 25.3 Å². The van der Waals surface area contributed by atoms with Crippen LogP contribution in [-0.4, -0.2) is 43.0 Å². The summed E-state index contributed by atoms with van der Waals surface area (Å²) in [7, 11) is 3.23. The minimum Gasteiger partial charge on any atom is -0.497 e. The van der Waals surface area contributed by atoms with Crippen LogP contribution in [0.5, 0.6) is 17.2 Å². The van der Waals surface area contributed by atoms with E-state index in [2.05, 4.69) is 4.98 Å². The standard InChI is InChI=1S/C23H25NO6/c1-4-29-21(23(25)26)11-15-5-7-17(8-6-15)30-14-16-13-24-20-10-9-18(27-2)12-19(20)22(16)28-3/h5-10,12-13,21H,4,11,14H2,1-3H3,(H,25,26). The third kappa shape index (κ3) is 4.99. The second kappa shape index (κ2) is 9.93. The molecule has 0 saturated heterocycles. The number of methoxy groups -OCH3 is 2. The molecule has 3 aromatic rings. The van der Waals surface area contributed by atoms with Crippen LogP contribution in [0.25, 0.3) is 10.9 Å². The Balaban J connectivity index is 1.72. The molecule has 1 N–H and O–H groups in total. The Hall–Kier alpha value is -3.32. The van der Waals surface area contributed by atoms with Gasteiger partial charge in [0.2, 0.25) is 0 Å². The maximum absolute atomic E-state index is 11.2. The molecular weight excluding hydrogens is 386 g/mol. The Morgan fingerprint density at radius 1 is 1.07 bits per heavy atom. The number of rotatable bonds is 10. The fourth-order valence-electron chi connectivity index (χ4n) is 3.18. The van der Waals surface area contributed by atoms with Gasteiger partial charge < -0.3 is 24.1 Å². The monoisotopic (exact) mass is 411 g/mol. The number of aromatic nitrogens is 1. The predicted octanol–water partition coefficient (Wildman–Crippen LogP) is 3.86. The largest absolute Gasteiger partial charge is 0.497 e. The van der Waals surface area contributed by atoms with E-state index in [0.717, 1.165) is 27.8 Å². The molecule has 0 fully saturated rings.